The van der Waals surface area contributed by atoms with Gasteiger partial charge in [0.1, 0.15) is 12.4 Å². The minimum Gasteiger partial charge on any atom is -0.357 e. The van der Waals surface area contributed by atoms with Gasteiger partial charge >= 0.3 is 0 Å². The van der Waals surface area contributed by atoms with Crippen molar-refractivity contribution in [2.45, 2.75) is 39.3 Å². The molecule has 0 bridgehead atoms. The molecule has 5 heteroatoms. The molecule has 1 unspecified atom stereocenters. The molecule has 1 heterocycles. The topological polar surface area (TPSA) is 54.2 Å². The summed E-state index contributed by atoms with van der Waals surface area (Å²) in [4.78, 5) is 9.45. The van der Waals surface area contributed by atoms with E-state index in [-0.39, 0.29) is 0 Å². The molecule has 0 spiro atoms. The second kappa shape index (κ2) is 9.21. The summed E-state index contributed by atoms with van der Waals surface area (Å²) in [6, 6.07) is 19.1. The monoisotopic (exact) mass is 363 g/mol. The van der Waals surface area contributed by atoms with Gasteiger partial charge in [-0.2, -0.15) is 0 Å². The molecule has 1 aromatic heterocycles. The van der Waals surface area contributed by atoms with Gasteiger partial charge < -0.3 is 15.2 Å². The quantitative estimate of drug-likeness (QED) is 0.498. The van der Waals surface area contributed by atoms with Crippen LogP contribution in [-0.2, 0) is 20.0 Å². The Labute approximate surface area is 161 Å². The number of aliphatic imine (C=N–C) groups is 1. The van der Waals surface area contributed by atoms with Crippen LogP contribution in [0.25, 0.3) is 11.0 Å². The van der Waals surface area contributed by atoms with Crippen LogP contribution in [0.3, 0.4) is 0 Å². The fraction of sp³-hybridized carbons (Fsp3) is 0.364. The van der Waals surface area contributed by atoms with Gasteiger partial charge in [0.2, 0.25) is 0 Å². The Morgan fingerprint density at radius 1 is 1.11 bits per heavy atom. The van der Waals surface area contributed by atoms with Crippen molar-refractivity contribution >= 4 is 17.0 Å². The Morgan fingerprint density at radius 3 is 2.59 bits per heavy atom. The molecule has 3 rings (SSSR count). The van der Waals surface area contributed by atoms with Crippen LogP contribution in [-0.4, -0.2) is 28.1 Å². The summed E-state index contributed by atoms with van der Waals surface area (Å²) < 4.78 is 2.11. The second-order valence-electron chi connectivity index (χ2n) is 6.84. The van der Waals surface area contributed by atoms with Crippen LogP contribution in [0.5, 0.6) is 0 Å². The second-order valence-corrected chi connectivity index (χ2v) is 6.84. The molecule has 142 valence electrons. The fourth-order valence-corrected chi connectivity index (χ4v) is 3.14. The average Bonchev–Trinajstić information content (AvgIpc) is 3.01. The van der Waals surface area contributed by atoms with Crippen molar-refractivity contribution in [3.8, 4) is 0 Å². The molecule has 0 aliphatic heterocycles. The van der Waals surface area contributed by atoms with Crippen LogP contribution >= 0.6 is 0 Å². The maximum absolute atomic E-state index is 4.75. The lowest BCUT2D eigenvalue weighted by molar-refractivity contribution is 0.592. The van der Waals surface area contributed by atoms with E-state index < -0.39 is 0 Å². The van der Waals surface area contributed by atoms with Gasteiger partial charge in [-0.3, -0.25) is 0 Å². The maximum atomic E-state index is 4.75. The highest BCUT2D eigenvalue weighted by atomic mass is 15.2. The highest BCUT2D eigenvalue weighted by Gasteiger charge is 2.09. The fourth-order valence-electron chi connectivity index (χ4n) is 3.14. The normalized spacial score (nSPS) is 12.9. The third-order valence-electron chi connectivity index (χ3n) is 4.69. The lowest BCUT2D eigenvalue weighted by Gasteiger charge is -2.18. The van der Waals surface area contributed by atoms with Gasteiger partial charge in [0.05, 0.1) is 11.0 Å². The highest BCUT2D eigenvalue weighted by Crippen LogP contribution is 2.14. The molecule has 0 saturated carbocycles. The molecule has 3 aromatic rings. The van der Waals surface area contributed by atoms with E-state index >= 15 is 0 Å². The van der Waals surface area contributed by atoms with Gasteiger partial charge in [0, 0.05) is 19.6 Å². The van der Waals surface area contributed by atoms with Gasteiger partial charge in [-0.05, 0) is 44.4 Å². The average molecular weight is 364 g/mol. The summed E-state index contributed by atoms with van der Waals surface area (Å²) in [7, 11) is 2.04. The Bertz CT molecular complexity index is 882. The Hall–Kier alpha value is -2.82. The molecule has 0 aliphatic rings. The predicted octanol–water partition coefficient (Wildman–Crippen LogP) is 3.65. The number of guanidine groups is 1. The molecule has 0 saturated heterocycles. The van der Waals surface area contributed by atoms with Gasteiger partial charge in [-0.1, -0.05) is 42.5 Å². The molecule has 0 aliphatic carbocycles. The predicted molar refractivity (Wildman–Crippen MR) is 113 cm³/mol. The maximum Gasteiger partial charge on any atom is 0.191 e. The lowest BCUT2D eigenvalue weighted by Crippen LogP contribution is -2.42. The number of nitrogens with one attached hydrogen (secondary N) is 2. The zero-order valence-electron chi connectivity index (χ0n) is 16.4. The first-order chi connectivity index (χ1) is 13.2. The van der Waals surface area contributed by atoms with Gasteiger partial charge in [-0.15, -0.1) is 0 Å². The van der Waals surface area contributed by atoms with Crippen molar-refractivity contribution in [2.75, 3.05) is 6.54 Å². The van der Waals surface area contributed by atoms with Crippen LogP contribution in [0.1, 0.15) is 31.7 Å². The first-order valence-corrected chi connectivity index (χ1v) is 9.66. The Balaban J connectivity index is 1.62. The number of hydrogen-bond acceptors (Lipinski definition) is 2. The van der Waals surface area contributed by atoms with Crippen LogP contribution < -0.4 is 10.6 Å². The van der Waals surface area contributed by atoms with Crippen molar-refractivity contribution < 1.29 is 0 Å². The van der Waals surface area contributed by atoms with Crippen LogP contribution in [0, 0.1) is 0 Å². The highest BCUT2D eigenvalue weighted by molar-refractivity contribution is 5.80. The molecule has 0 fully saturated rings. The molecular formula is C22H29N5. The number of nitrogens with zero attached hydrogens (tertiary/aromatic N) is 3. The van der Waals surface area contributed by atoms with Crippen molar-refractivity contribution in [2.24, 2.45) is 12.0 Å². The summed E-state index contributed by atoms with van der Waals surface area (Å²) in [5.41, 5.74) is 3.52. The smallest absolute Gasteiger partial charge is 0.191 e. The standard InChI is InChI=1S/C22H29N5/c1-4-23-22(25-17(2)14-15-18-10-6-5-7-11-18)24-16-21-26-19-12-8-9-13-20(19)27(21)3/h5-13,17H,4,14-16H2,1-3H3,(H2,23,24,25). The van der Waals surface area contributed by atoms with E-state index in [2.05, 4.69) is 65.4 Å². The van der Waals surface area contributed by atoms with Crippen molar-refractivity contribution in [1.82, 2.24) is 20.2 Å². The van der Waals surface area contributed by atoms with Crippen molar-refractivity contribution in [3.63, 3.8) is 0 Å². The summed E-state index contributed by atoms with van der Waals surface area (Å²) in [6.45, 7) is 5.66. The molecule has 5 nitrogen and oxygen atoms in total. The molecular weight excluding hydrogens is 334 g/mol. The Morgan fingerprint density at radius 2 is 1.85 bits per heavy atom. The number of aryl methyl sites for hydroxylation is 2. The third-order valence-corrected chi connectivity index (χ3v) is 4.69. The molecule has 0 amide bonds. The zero-order valence-corrected chi connectivity index (χ0v) is 16.4. The Kier molecular flexibility index (Phi) is 6.47. The van der Waals surface area contributed by atoms with Gasteiger partial charge in [0.15, 0.2) is 5.96 Å². The number of hydrogen-bond donors (Lipinski definition) is 2. The number of aromatic nitrogens is 2. The number of imidazole rings is 1. The molecule has 1 atom stereocenters. The minimum absolute atomic E-state index is 0.337. The van der Waals surface area contributed by atoms with Crippen molar-refractivity contribution in [3.05, 3.63) is 66.0 Å². The zero-order chi connectivity index (χ0) is 19.1. The van der Waals surface area contributed by atoms with Gasteiger partial charge in [0.25, 0.3) is 0 Å². The van der Waals surface area contributed by atoms with E-state index in [9.17, 15) is 0 Å². The SMILES string of the molecule is CCNC(=NCc1nc2ccccc2n1C)NC(C)CCc1ccccc1. The van der Waals surface area contributed by atoms with Crippen molar-refractivity contribution in [1.29, 1.82) is 0 Å². The van der Waals surface area contributed by atoms with E-state index in [0.717, 1.165) is 42.2 Å². The number of benzene rings is 2. The van der Waals surface area contributed by atoms with Gasteiger partial charge in [-0.25, -0.2) is 9.98 Å². The molecule has 2 aromatic carbocycles. The van der Waals surface area contributed by atoms with E-state index in [0.29, 0.717) is 12.6 Å². The summed E-state index contributed by atoms with van der Waals surface area (Å²) in [5, 5.41) is 6.85. The summed E-state index contributed by atoms with van der Waals surface area (Å²) in [5.74, 6) is 1.80. The molecule has 0 radical (unpaired) electrons. The van der Waals surface area contributed by atoms with E-state index in [1.165, 1.54) is 5.56 Å². The molecule has 2 N–H and O–H groups in total. The van der Waals surface area contributed by atoms with Crippen LogP contribution in [0.15, 0.2) is 59.6 Å². The summed E-state index contributed by atoms with van der Waals surface area (Å²) in [6.07, 6.45) is 2.11. The van der Waals surface area contributed by atoms with Crippen LogP contribution in [0.4, 0.5) is 0 Å². The third kappa shape index (κ3) is 5.09. The minimum atomic E-state index is 0.337. The number of fused-ring (bicyclic) bond motifs is 1. The van der Waals surface area contributed by atoms with E-state index in [1.54, 1.807) is 0 Å². The number of rotatable bonds is 7. The largest absolute Gasteiger partial charge is 0.357 e. The summed E-state index contributed by atoms with van der Waals surface area (Å²) >= 11 is 0. The first-order valence-electron chi connectivity index (χ1n) is 9.66. The van der Waals surface area contributed by atoms with E-state index in [1.807, 2.05) is 25.2 Å². The van der Waals surface area contributed by atoms with Crippen LogP contribution in [0.2, 0.25) is 0 Å². The number of para-hydroxylation sites is 2. The van der Waals surface area contributed by atoms with E-state index in [4.69, 9.17) is 9.98 Å². The first kappa shape index (κ1) is 19.0. The lowest BCUT2D eigenvalue weighted by atomic mass is 10.1. The molecule has 27 heavy (non-hydrogen) atoms.